The number of aryl methyl sites for hydroxylation is 1. The molecule has 0 spiro atoms. The average molecular weight is 427 g/mol. The van der Waals surface area contributed by atoms with E-state index in [0.717, 1.165) is 62.5 Å². The molecule has 31 heavy (non-hydrogen) atoms. The zero-order chi connectivity index (χ0) is 22.9. The van der Waals surface area contributed by atoms with Gasteiger partial charge in [-0.2, -0.15) is 0 Å². The Morgan fingerprint density at radius 3 is 2.65 bits per heavy atom. The van der Waals surface area contributed by atoms with Crippen molar-refractivity contribution in [2.24, 2.45) is 0 Å². The minimum atomic E-state index is -0.651. The minimum Gasteiger partial charge on any atom is -0.393 e. The molecule has 3 heteroatoms. The van der Waals surface area contributed by atoms with E-state index in [1.54, 1.807) is 0 Å². The summed E-state index contributed by atoms with van der Waals surface area (Å²) in [6, 6.07) is 8.82. The quantitative estimate of drug-likeness (QED) is 0.373. The summed E-state index contributed by atoms with van der Waals surface area (Å²) in [6.07, 6.45) is 12.5. The normalized spacial score (nSPS) is 21.7. The highest BCUT2D eigenvalue weighted by Crippen LogP contribution is 2.30. The van der Waals surface area contributed by atoms with Crippen LogP contribution in [0, 0.1) is 0 Å². The van der Waals surface area contributed by atoms with Gasteiger partial charge in [-0.15, -0.1) is 0 Å². The predicted octanol–water partition coefficient (Wildman–Crippen LogP) is 6.13. The molecule has 3 N–H and O–H groups in total. The zero-order valence-corrected chi connectivity index (χ0v) is 19.7. The summed E-state index contributed by atoms with van der Waals surface area (Å²) in [5.41, 5.74) is 5.01. The van der Waals surface area contributed by atoms with Gasteiger partial charge >= 0.3 is 0 Å². The molecule has 0 amide bonds. The molecule has 0 unspecified atom stereocenters. The van der Waals surface area contributed by atoms with E-state index >= 15 is 0 Å². The third kappa shape index (κ3) is 9.14. The molecule has 1 aromatic rings. The van der Waals surface area contributed by atoms with E-state index < -0.39 is 17.8 Å². The molecule has 1 aliphatic carbocycles. The van der Waals surface area contributed by atoms with E-state index in [-0.39, 0.29) is 0 Å². The van der Waals surface area contributed by atoms with Crippen molar-refractivity contribution in [3.8, 4) is 0 Å². The minimum absolute atomic E-state index is 0.375. The van der Waals surface area contributed by atoms with Crippen LogP contribution >= 0.6 is 0 Å². The van der Waals surface area contributed by atoms with Crippen molar-refractivity contribution in [3.05, 3.63) is 65.3 Å². The van der Waals surface area contributed by atoms with Crippen molar-refractivity contribution in [2.45, 2.75) is 103 Å². The lowest BCUT2D eigenvalue weighted by atomic mass is 9.85. The number of benzene rings is 1. The maximum Gasteiger partial charge on any atom is 0.0811 e. The first-order valence-electron chi connectivity index (χ1n) is 12.0. The second-order valence-corrected chi connectivity index (χ2v) is 9.70. The van der Waals surface area contributed by atoms with Crippen molar-refractivity contribution >= 4 is 5.57 Å². The summed E-state index contributed by atoms with van der Waals surface area (Å²) < 4.78 is 0. The molecular formula is C28H42O3. The third-order valence-electron chi connectivity index (χ3n) is 6.10. The molecule has 0 bridgehead atoms. The number of rotatable bonds is 11. The zero-order valence-electron chi connectivity index (χ0n) is 19.7. The SMILES string of the molecule is C=C1C(=CC=C(CCCC)c2cccc(CCCCCC(C)(C)O)c2)C[C@@H](O)C[C@@H]1O. The van der Waals surface area contributed by atoms with Gasteiger partial charge in [-0.05, 0) is 80.2 Å². The van der Waals surface area contributed by atoms with Gasteiger partial charge < -0.3 is 15.3 Å². The van der Waals surface area contributed by atoms with Crippen LogP contribution in [0.1, 0.15) is 89.7 Å². The fourth-order valence-electron chi connectivity index (χ4n) is 4.14. The number of allylic oxidation sites excluding steroid dienone is 3. The Bertz CT molecular complexity index is 767. The average Bonchev–Trinajstić information content (AvgIpc) is 2.70. The Balaban J connectivity index is 2.09. The van der Waals surface area contributed by atoms with Crippen LogP contribution in [-0.2, 0) is 6.42 Å². The standard InChI is InChI=1S/C28H42O3/c1-5-6-13-23(15-16-24-19-26(29)20-27(30)21(24)2)25-14-10-12-22(18-25)11-8-7-9-17-28(3,4)31/h10,12,14-16,18,26-27,29-31H,2,5-9,11,13,17,19-20H2,1,3-4H3/t26-,27+/m1/s1. The van der Waals surface area contributed by atoms with Gasteiger partial charge in [0.2, 0.25) is 0 Å². The number of aliphatic hydroxyl groups excluding tert-OH is 2. The lowest BCUT2D eigenvalue weighted by Gasteiger charge is -2.26. The molecule has 1 fully saturated rings. The number of unbranched alkanes of at least 4 members (excludes halogenated alkanes) is 3. The molecule has 0 heterocycles. The van der Waals surface area contributed by atoms with Crippen molar-refractivity contribution in [1.29, 1.82) is 0 Å². The molecule has 172 valence electrons. The van der Waals surface area contributed by atoms with E-state index in [4.69, 9.17) is 0 Å². The highest BCUT2D eigenvalue weighted by molar-refractivity contribution is 5.68. The van der Waals surface area contributed by atoms with Gasteiger partial charge in [0.1, 0.15) is 0 Å². The van der Waals surface area contributed by atoms with Crippen LogP contribution in [0.15, 0.2) is 54.1 Å². The van der Waals surface area contributed by atoms with Gasteiger partial charge in [0.05, 0.1) is 17.8 Å². The van der Waals surface area contributed by atoms with Crippen molar-refractivity contribution < 1.29 is 15.3 Å². The first-order valence-corrected chi connectivity index (χ1v) is 12.0. The number of hydrogen-bond donors (Lipinski definition) is 3. The summed E-state index contributed by atoms with van der Waals surface area (Å²) in [4.78, 5) is 0. The summed E-state index contributed by atoms with van der Waals surface area (Å²) in [6.45, 7) is 9.98. The van der Waals surface area contributed by atoms with E-state index in [2.05, 4.69) is 43.8 Å². The largest absolute Gasteiger partial charge is 0.393 e. The summed E-state index contributed by atoms with van der Waals surface area (Å²) >= 11 is 0. The topological polar surface area (TPSA) is 60.7 Å². The molecule has 3 nitrogen and oxygen atoms in total. The summed E-state index contributed by atoms with van der Waals surface area (Å²) in [5.74, 6) is 0. The maximum atomic E-state index is 10.1. The monoisotopic (exact) mass is 426 g/mol. The van der Waals surface area contributed by atoms with Crippen LogP contribution in [0.5, 0.6) is 0 Å². The molecule has 1 aromatic carbocycles. The maximum absolute atomic E-state index is 10.1. The first-order chi connectivity index (χ1) is 14.7. The Kier molecular flexibility index (Phi) is 10.2. The molecule has 2 atom stereocenters. The molecule has 1 aliphatic rings. The van der Waals surface area contributed by atoms with Gasteiger partial charge in [0.15, 0.2) is 0 Å². The van der Waals surface area contributed by atoms with Gasteiger partial charge in [0, 0.05) is 6.42 Å². The second-order valence-electron chi connectivity index (χ2n) is 9.70. The van der Waals surface area contributed by atoms with Crippen LogP contribution in [0.25, 0.3) is 5.57 Å². The summed E-state index contributed by atoms with van der Waals surface area (Å²) in [5, 5.41) is 30.0. The van der Waals surface area contributed by atoms with Crippen LogP contribution in [0.4, 0.5) is 0 Å². The fourth-order valence-corrected chi connectivity index (χ4v) is 4.14. The van der Waals surface area contributed by atoms with Gasteiger partial charge in [-0.3, -0.25) is 0 Å². The Morgan fingerprint density at radius 2 is 1.94 bits per heavy atom. The second kappa shape index (κ2) is 12.4. The smallest absolute Gasteiger partial charge is 0.0811 e. The van der Waals surface area contributed by atoms with Crippen LogP contribution in [0.3, 0.4) is 0 Å². The van der Waals surface area contributed by atoms with Crippen molar-refractivity contribution in [2.75, 3.05) is 0 Å². The van der Waals surface area contributed by atoms with Crippen LogP contribution in [-0.4, -0.2) is 33.1 Å². The molecule has 0 aliphatic heterocycles. The highest BCUT2D eigenvalue weighted by atomic mass is 16.3. The first kappa shape index (κ1) is 25.6. The van der Waals surface area contributed by atoms with Crippen LogP contribution in [0.2, 0.25) is 0 Å². The lowest BCUT2D eigenvalue weighted by Crippen LogP contribution is -2.26. The van der Waals surface area contributed by atoms with Gasteiger partial charge in [0.25, 0.3) is 0 Å². The molecule has 2 rings (SSSR count). The van der Waals surface area contributed by atoms with Crippen molar-refractivity contribution in [1.82, 2.24) is 0 Å². The lowest BCUT2D eigenvalue weighted by molar-refractivity contribution is 0.0680. The predicted molar refractivity (Wildman–Crippen MR) is 131 cm³/mol. The third-order valence-corrected chi connectivity index (χ3v) is 6.10. The van der Waals surface area contributed by atoms with E-state index in [9.17, 15) is 15.3 Å². The Hall–Kier alpha value is -1.68. The van der Waals surface area contributed by atoms with Gasteiger partial charge in [-0.1, -0.05) is 69.2 Å². The molecule has 0 aromatic heterocycles. The number of aliphatic hydroxyl groups is 3. The van der Waals surface area contributed by atoms with E-state index in [1.165, 1.54) is 16.7 Å². The Morgan fingerprint density at radius 1 is 1.16 bits per heavy atom. The van der Waals surface area contributed by atoms with Crippen LogP contribution < -0.4 is 0 Å². The molecule has 1 saturated carbocycles. The molecule has 0 radical (unpaired) electrons. The molecular weight excluding hydrogens is 384 g/mol. The molecule has 0 saturated heterocycles. The van der Waals surface area contributed by atoms with Gasteiger partial charge in [-0.25, -0.2) is 0 Å². The number of hydrogen-bond acceptors (Lipinski definition) is 3. The van der Waals surface area contributed by atoms with E-state index in [0.29, 0.717) is 12.8 Å². The fraction of sp³-hybridized carbons (Fsp3) is 0.571. The summed E-state index contributed by atoms with van der Waals surface area (Å²) in [7, 11) is 0. The Labute approximate surface area is 189 Å². The van der Waals surface area contributed by atoms with E-state index in [1.807, 2.05) is 19.9 Å². The van der Waals surface area contributed by atoms with Crippen molar-refractivity contribution in [3.63, 3.8) is 0 Å². The highest BCUT2D eigenvalue weighted by Gasteiger charge is 2.24.